The van der Waals surface area contributed by atoms with Gasteiger partial charge in [0.1, 0.15) is 12.1 Å². The summed E-state index contributed by atoms with van der Waals surface area (Å²) in [7, 11) is 4.10. The molecule has 5 saturated heterocycles. The molecule has 5 fully saturated rings. The summed E-state index contributed by atoms with van der Waals surface area (Å²) in [5.41, 5.74) is 1.94. The van der Waals surface area contributed by atoms with Crippen molar-refractivity contribution in [3.8, 4) is 11.4 Å². The summed E-state index contributed by atoms with van der Waals surface area (Å²) in [5, 5.41) is 5.52. The molecule has 2 aromatic carbocycles. The Balaban J connectivity index is 0.975. The third kappa shape index (κ3) is 6.85. The maximum Gasteiger partial charge on any atom is 0.323 e. The minimum absolute atomic E-state index is 0.0297. The van der Waals surface area contributed by atoms with Crippen LogP contribution < -0.4 is 20.4 Å². The van der Waals surface area contributed by atoms with E-state index in [0.717, 1.165) is 12.8 Å². The molecule has 4 unspecified atom stereocenters. The second-order valence-corrected chi connectivity index (χ2v) is 14.6. The topological polar surface area (TPSA) is 128 Å². The molecule has 1 aromatic heterocycles. The Morgan fingerprint density at radius 2 is 1.23 bits per heavy atom. The zero-order valence-electron chi connectivity index (χ0n) is 29.4. The molecule has 13 nitrogen and oxygen atoms in total. The van der Waals surface area contributed by atoms with Gasteiger partial charge in [0.05, 0.1) is 38.5 Å². The average molecular weight is 740 g/mol. The van der Waals surface area contributed by atoms with Gasteiger partial charge in [0, 0.05) is 54.5 Å². The van der Waals surface area contributed by atoms with Gasteiger partial charge in [0.2, 0.25) is 11.9 Å². The predicted octanol–water partition coefficient (Wildman–Crippen LogP) is 4.57. The first-order valence-corrected chi connectivity index (χ1v) is 17.8. The molecule has 8 rings (SSSR count). The summed E-state index contributed by atoms with van der Waals surface area (Å²) in [4.78, 5) is 46.5. The Hall–Kier alpha value is -4.61. The number of alkyl halides is 4. The molecule has 3 aromatic rings. The van der Waals surface area contributed by atoms with E-state index in [9.17, 15) is 9.59 Å². The van der Waals surface area contributed by atoms with Crippen LogP contribution >= 0.6 is 0 Å². The van der Waals surface area contributed by atoms with Crippen molar-refractivity contribution < 1.29 is 36.6 Å². The van der Waals surface area contributed by atoms with E-state index in [2.05, 4.69) is 44.6 Å². The molecule has 17 heteroatoms. The number of carbonyl (C=O) groups is 2. The highest BCUT2D eigenvalue weighted by Gasteiger charge is 2.59. The van der Waals surface area contributed by atoms with E-state index < -0.39 is 54.9 Å². The molecule has 0 aliphatic carbocycles. The van der Waals surface area contributed by atoms with E-state index in [1.54, 1.807) is 48.5 Å². The largest absolute Gasteiger partial charge is 0.377 e. The number of ether oxygens (including phenoxy) is 2. The number of likely N-dealkylation sites (tertiary alicyclic amines) is 1. The lowest BCUT2D eigenvalue weighted by atomic mass is 10.0. The molecule has 2 N–H and O–H groups in total. The lowest BCUT2D eigenvalue weighted by molar-refractivity contribution is -0.0248. The van der Waals surface area contributed by atoms with Crippen molar-refractivity contribution in [3.05, 3.63) is 54.1 Å². The number of benzene rings is 2. The van der Waals surface area contributed by atoms with Crippen LogP contribution in [-0.4, -0.2) is 132 Å². The third-order valence-electron chi connectivity index (χ3n) is 11.0. The lowest BCUT2D eigenvalue weighted by Crippen LogP contribution is -2.52. The van der Waals surface area contributed by atoms with Crippen LogP contribution in [0.1, 0.15) is 36.0 Å². The SMILES string of the molecule is CN(C)C1CCN(C(=O)c2ccc(NC(=O)Nc3ccc(-c4nc(N5C6COCC5C(F)(F)C6)nc(N5C6COCC5C(F)(F)C6)n4)cc3)cc2)CC1. The molecule has 0 radical (unpaired) electrons. The number of anilines is 4. The van der Waals surface area contributed by atoms with Gasteiger partial charge in [-0.1, -0.05) is 0 Å². The summed E-state index contributed by atoms with van der Waals surface area (Å²) in [6, 6.07) is 9.21. The van der Waals surface area contributed by atoms with Crippen LogP contribution in [0.15, 0.2) is 48.5 Å². The second-order valence-electron chi connectivity index (χ2n) is 14.6. The van der Waals surface area contributed by atoms with Crippen molar-refractivity contribution >= 4 is 35.2 Å². The molecule has 0 spiro atoms. The molecule has 5 aliphatic rings. The molecular weight excluding hydrogens is 698 g/mol. The number of amides is 3. The zero-order chi connectivity index (χ0) is 37.1. The summed E-state index contributed by atoms with van der Waals surface area (Å²) in [5.74, 6) is -6.08. The van der Waals surface area contributed by atoms with Crippen LogP contribution in [0.4, 0.5) is 45.6 Å². The monoisotopic (exact) mass is 739 g/mol. The van der Waals surface area contributed by atoms with Gasteiger partial charge < -0.3 is 39.7 Å². The molecule has 6 heterocycles. The van der Waals surface area contributed by atoms with E-state index >= 15 is 17.6 Å². The first-order valence-electron chi connectivity index (χ1n) is 17.8. The van der Waals surface area contributed by atoms with Crippen molar-refractivity contribution in [2.24, 2.45) is 0 Å². The zero-order valence-corrected chi connectivity index (χ0v) is 29.4. The van der Waals surface area contributed by atoms with E-state index in [4.69, 9.17) is 9.47 Å². The van der Waals surface area contributed by atoms with Crippen molar-refractivity contribution in [1.82, 2.24) is 24.8 Å². The normalized spacial score (nSPS) is 26.2. The summed E-state index contributed by atoms with van der Waals surface area (Å²) in [6.07, 6.45) is 0.973. The molecule has 5 aliphatic heterocycles. The van der Waals surface area contributed by atoms with E-state index in [1.807, 2.05) is 4.90 Å². The minimum atomic E-state index is -3.05. The maximum atomic E-state index is 15.0. The van der Waals surface area contributed by atoms with Crippen LogP contribution in [-0.2, 0) is 9.47 Å². The fourth-order valence-corrected chi connectivity index (χ4v) is 8.11. The molecular formula is C36H41F4N9O4. The predicted molar refractivity (Wildman–Crippen MR) is 188 cm³/mol. The highest BCUT2D eigenvalue weighted by molar-refractivity contribution is 6.00. The third-order valence-corrected chi connectivity index (χ3v) is 11.0. The Bertz CT molecular complexity index is 1790. The Labute approximate surface area is 303 Å². The quantitative estimate of drug-likeness (QED) is 0.333. The van der Waals surface area contributed by atoms with E-state index in [-0.39, 0.29) is 50.1 Å². The number of halogens is 4. The molecule has 4 bridgehead atoms. The fraction of sp³-hybridized carbons (Fsp3) is 0.528. The molecule has 4 atom stereocenters. The number of urea groups is 1. The maximum absolute atomic E-state index is 15.0. The highest BCUT2D eigenvalue weighted by atomic mass is 19.3. The number of nitrogens with zero attached hydrogens (tertiary/aromatic N) is 7. The van der Waals surface area contributed by atoms with Crippen molar-refractivity contribution in [1.29, 1.82) is 0 Å². The number of hydrogen-bond donors (Lipinski definition) is 2. The van der Waals surface area contributed by atoms with Crippen molar-refractivity contribution in [3.63, 3.8) is 0 Å². The van der Waals surface area contributed by atoms with Gasteiger partial charge in [-0.2, -0.15) is 15.0 Å². The number of nitrogens with one attached hydrogen (secondary N) is 2. The number of rotatable bonds is 7. The van der Waals surface area contributed by atoms with Crippen LogP contribution in [0.2, 0.25) is 0 Å². The van der Waals surface area contributed by atoms with E-state index in [1.165, 1.54) is 9.80 Å². The smallest absolute Gasteiger partial charge is 0.323 e. The van der Waals surface area contributed by atoms with Gasteiger partial charge in [-0.05, 0) is 75.5 Å². The summed E-state index contributed by atoms with van der Waals surface area (Å²) in [6.45, 7) is 1.07. The summed E-state index contributed by atoms with van der Waals surface area (Å²) < 4.78 is 70.9. The molecule has 282 valence electrons. The van der Waals surface area contributed by atoms with Crippen molar-refractivity contribution in [2.45, 2.75) is 67.7 Å². The standard InChI is InChI=1S/C36H41F4N9O4/c1-46(2)25-11-13-47(14-12-25)31(50)22-5-9-24(10-6-22)42-34(51)41-23-7-3-21(4-8-23)30-43-32(48-26-15-35(37,38)28(48)19-52-17-26)45-33(44-30)49-27-16-36(39,40)29(49)20-53-18-27/h3-10,25-29H,11-20H2,1-2H3,(H2,41,42,51). The first-order chi connectivity index (χ1) is 25.4. The number of hydrogen-bond acceptors (Lipinski definition) is 10. The highest BCUT2D eigenvalue weighted by Crippen LogP contribution is 2.45. The van der Waals surface area contributed by atoms with Crippen LogP contribution in [0.5, 0.6) is 0 Å². The Morgan fingerprint density at radius 3 is 1.70 bits per heavy atom. The van der Waals surface area contributed by atoms with Crippen LogP contribution in [0, 0.1) is 0 Å². The number of aromatic nitrogens is 3. The van der Waals surface area contributed by atoms with Gasteiger partial charge in [0.15, 0.2) is 5.82 Å². The Kier molecular flexibility index (Phi) is 9.13. The van der Waals surface area contributed by atoms with E-state index in [0.29, 0.717) is 41.6 Å². The average Bonchev–Trinajstić information content (AvgIpc) is 3.40. The molecule has 0 saturated carbocycles. The Morgan fingerprint density at radius 1 is 0.736 bits per heavy atom. The summed E-state index contributed by atoms with van der Waals surface area (Å²) >= 11 is 0. The van der Waals surface area contributed by atoms with Crippen molar-refractivity contribution in [2.75, 3.05) is 74.0 Å². The van der Waals surface area contributed by atoms with Gasteiger partial charge in [-0.15, -0.1) is 0 Å². The van der Waals surface area contributed by atoms with Gasteiger partial charge in [-0.25, -0.2) is 22.4 Å². The van der Waals surface area contributed by atoms with Gasteiger partial charge >= 0.3 is 6.03 Å². The second kappa shape index (κ2) is 13.7. The number of morpholine rings is 2. The first kappa shape index (κ1) is 35.4. The minimum Gasteiger partial charge on any atom is -0.377 e. The number of fused-ring (bicyclic) bond motifs is 4. The van der Waals surface area contributed by atoms with Crippen LogP contribution in [0.3, 0.4) is 0 Å². The van der Waals surface area contributed by atoms with Gasteiger partial charge in [0.25, 0.3) is 17.8 Å². The number of carbonyl (C=O) groups excluding carboxylic acids is 2. The van der Waals surface area contributed by atoms with Gasteiger partial charge in [-0.3, -0.25) is 4.79 Å². The fourth-order valence-electron chi connectivity index (χ4n) is 8.11. The molecule has 3 amide bonds. The number of piperidine rings is 1. The molecule has 53 heavy (non-hydrogen) atoms. The van der Waals surface area contributed by atoms with Crippen LogP contribution in [0.25, 0.3) is 11.4 Å². The lowest BCUT2D eigenvalue weighted by Gasteiger charge is -2.37.